The molecule has 19 heavy (non-hydrogen) atoms. The average molecular weight is 261 g/mol. The third kappa shape index (κ3) is 3.34. The van der Waals surface area contributed by atoms with E-state index in [4.69, 9.17) is 13.9 Å². The maximum absolute atomic E-state index is 11.3. The molecule has 0 aliphatic carbocycles. The summed E-state index contributed by atoms with van der Waals surface area (Å²) in [7, 11) is 1.61. The zero-order valence-electron chi connectivity index (χ0n) is 10.9. The van der Waals surface area contributed by atoms with Crippen molar-refractivity contribution >= 4 is 5.97 Å². The van der Waals surface area contributed by atoms with Crippen molar-refractivity contribution in [2.24, 2.45) is 0 Å². The van der Waals surface area contributed by atoms with Gasteiger partial charge in [-0.15, -0.1) is 0 Å². The number of rotatable bonds is 5. The SMILES string of the molecule is CCOC(=O)Cc1nc(-c2ccc(OC)cc2)co1. The molecule has 0 saturated carbocycles. The van der Waals surface area contributed by atoms with Crippen molar-refractivity contribution in [3.63, 3.8) is 0 Å². The summed E-state index contributed by atoms with van der Waals surface area (Å²) in [6.45, 7) is 2.11. The Hall–Kier alpha value is -2.30. The van der Waals surface area contributed by atoms with Crippen LogP contribution in [0.15, 0.2) is 34.9 Å². The van der Waals surface area contributed by atoms with Crippen LogP contribution in [0.1, 0.15) is 12.8 Å². The maximum Gasteiger partial charge on any atom is 0.315 e. The van der Waals surface area contributed by atoms with E-state index < -0.39 is 0 Å². The fourth-order valence-corrected chi connectivity index (χ4v) is 1.62. The Morgan fingerprint density at radius 2 is 2.05 bits per heavy atom. The number of ether oxygens (including phenoxy) is 2. The third-order valence-electron chi connectivity index (χ3n) is 2.54. The van der Waals surface area contributed by atoms with E-state index in [1.165, 1.54) is 6.26 Å². The molecule has 5 heteroatoms. The molecule has 100 valence electrons. The highest BCUT2D eigenvalue weighted by Gasteiger charge is 2.11. The van der Waals surface area contributed by atoms with Gasteiger partial charge in [-0.3, -0.25) is 4.79 Å². The second-order valence-corrected chi connectivity index (χ2v) is 3.84. The predicted octanol–water partition coefficient (Wildman–Crippen LogP) is 2.46. The van der Waals surface area contributed by atoms with E-state index >= 15 is 0 Å². The molecule has 2 aromatic rings. The second-order valence-electron chi connectivity index (χ2n) is 3.84. The lowest BCUT2D eigenvalue weighted by Crippen LogP contribution is -2.07. The Bertz CT molecular complexity index is 545. The number of aromatic nitrogens is 1. The Kier molecular flexibility index (Phi) is 4.18. The first kappa shape index (κ1) is 13.1. The molecule has 0 bridgehead atoms. The zero-order chi connectivity index (χ0) is 13.7. The normalized spacial score (nSPS) is 10.2. The summed E-state index contributed by atoms with van der Waals surface area (Å²) in [6, 6.07) is 7.44. The van der Waals surface area contributed by atoms with E-state index in [2.05, 4.69) is 4.98 Å². The molecule has 1 aromatic carbocycles. The van der Waals surface area contributed by atoms with E-state index in [1.807, 2.05) is 24.3 Å². The number of carbonyl (C=O) groups is 1. The standard InChI is InChI=1S/C14H15NO4/c1-3-18-14(16)8-13-15-12(9-19-13)10-4-6-11(17-2)7-5-10/h4-7,9H,3,8H2,1-2H3. The third-order valence-corrected chi connectivity index (χ3v) is 2.54. The monoisotopic (exact) mass is 261 g/mol. The number of carbonyl (C=O) groups excluding carboxylic acids is 1. The highest BCUT2D eigenvalue weighted by atomic mass is 16.5. The van der Waals surface area contributed by atoms with Crippen LogP contribution in [0, 0.1) is 0 Å². The fourth-order valence-electron chi connectivity index (χ4n) is 1.62. The van der Waals surface area contributed by atoms with Gasteiger partial charge in [-0.2, -0.15) is 0 Å². The molecular weight excluding hydrogens is 246 g/mol. The molecule has 0 N–H and O–H groups in total. The van der Waals surface area contributed by atoms with Crippen LogP contribution >= 0.6 is 0 Å². The number of nitrogens with zero attached hydrogens (tertiary/aromatic N) is 1. The van der Waals surface area contributed by atoms with Crippen LogP contribution in [0.2, 0.25) is 0 Å². The first-order valence-corrected chi connectivity index (χ1v) is 5.97. The number of methoxy groups -OCH3 is 1. The summed E-state index contributed by atoms with van der Waals surface area (Å²) in [5.41, 5.74) is 1.58. The molecular formula is C14H15NO4. The summed E-state index contributed by atoms with van der Waals surface area (Å²) in [5, 5.41) is 0. The highest BCUT2D eigenvalue weighted by Crippen LogP contribution is 2.21. The molecule has 0 radical (unpaired) electrons. The molecule has 0 amide bonds. The van der Waals surface area contributed by atoms with E-state index in [1.54, 1.807) is 14.0 Å². The van der Waals surface area contributed by atoms with Crippen LogP contribution in [0.4, 0.5) is 0 Å². The number of hydrogen-bond acceptors (Lipinski definition) is 5. The van der Waals surface area contributed by atoms with Crippen molar-refractivity contribution in [2.75, 3.05) is 13.7 Å². The van der Waals surface area contributed by atoms with Gasteiger partial charge in [-0.1, -0.05) is 0 Å². The minimum Gasteiger partial charge on any atom is -0.497 e. The Morgan fingerprint density at radius 3 is 2.68 bits per heavy atom. The van der Waals surface area contributed by atoms with Gasteiger partial charge in [-0.25, -0.2) is 4.98 Å². The number of oxazole rings is 1. The molecule has 1 heterocycles. The minimum absolute atomic E-state index is 0.0456. The smallest absolute Gasteiger partial charge is 0.315 e. The van der Waals surface area contributed by atoms with Gasteiger partial charge < -0.3 is 13.9 Å². The van der Waals surface area contributed by atoms with E-state index in [9.17, 15) is 4.79 Å². The average Bonchev–Trinajstić information content (AvgIpc) is 2.87. The van der Waals surface area contributed by atoms with Gasteiger partial charge in [0.15, 0.2) is 0 Å². The lowest BCUT2D eigenvalue weighted by Gasteiger charge is -2.00. The van der Waals surface area contributed by atoms with Gasteiger partial charge in [0, 0.05) is 5.56 Å². The van der Waals surface area contributed by atoms with Gasteiger partial charge in [0.2, 0.25) is 5.89 Å². The molecule has 0 fully saturated rings. The quantitative estimate of drug-likeness (QED) is 0.774. The van der Waals surface area contributed by atoms with Crippen molar-refractivity contribution in [3.8, 4) is 17.0 Å². The highest BCUT2D eigenvalue weighted by molar-refractivity contribution is 5.71. The number of hydrogen-bond donors (Lipinski definition) is 0. The summed E-state index contributed by atoms with van der Waals surface area (Å²) >= 11 is 0. The van der Waals surface area contributed by atoms with Crippen LogP contribution in [0.25, 0.3) is 11.3 Å². The Balaban J connectivity index is 2.09. The van der Waals surface area contributed by atoms with Crippen LogP contribution in [0.5, 0.6) is 5.75 Å². The fraction of sp³-hybridized carbons (Fsp3) is 0.286. The first-order chi connectivity index (χ1) is 9.22. The predicted molar refractivity (Wildman–Crippen MR) is 68.8 cm³/mol. The van der Waals surface area contributed by atoms with Crippen LogP contribution in [-0.2, 0) is 16.0 Å². The molecule has 0 atom stereocenters. The second kappa shape index (κ2) is 6.04. The lowest BCUT2D eigenvalue weighted by atomic mass is 10.2. The number of esters is 1. The first-order valence-electron chi connectivity index (χ1n) is 5.97. The van der Waals surface area contributed by atoms with Crippen LogP contribution in [0.3, 0.4) is 0 Å². The molecule has 1 aromatic heterocycles. The molecule has 0 unspecified atom stereocenters. The van der Waals surface area contributed by atoms with E-state index in [0.717, 1.165) is 11.3 Å². The Labute approximate surface area is 111 Å². The summed E-state index contributed by atoms with van der Waals surface area (Å²) < 4.78 is 15.2. The molecule has 0 spiro atoms. The maximum atomic E-state index is 11.3. The molecule has 0 aliphatic heterocycles. The van der Waals surface area contributed by atoms with Crippen molar-refractivity contribution in [1.29, 1.82) is 0 Å². The summed E-state index contributed by atoms with van der Waals surface area (Å²) in [4.78, 5) is 15.6. The van der Waals surface area contributed by atoms with Crippen molar-refractivity contribution < 1.29 is 18.7 Å². The zero-order valence-corrected chi connectivity index (χ0v) is 10.9. The Morgan fingerprint density at radius 1 is 1.32 bits per heavy atom. The minimum atomic E-state index is -0.342. The van der Waals surface area contributed by atoms with Gasteiger partial charge in [0.05, 0.1) is 13.7 Å². The number of benzene rings is 1. The molecule has 5 nitrogen and oxygen atoms in total. The largest absolute Gasteiger partial charge is 0.497 e. The van der Waals surface area contributed by atoms with Gasteiger partial charge in [0.1, 0.15) is 24.1 Å². The van der Waals surface area contributed by atoms with E-state index in [-0.39, 0.29) is 12.4 Å². The van der Waals surface area contributed by atoms with Crippen molar-refractivity contribution in [2.45, 2.75) is 13.3 Å². The van der Waals surface area contributed by atoms with Gasteiger partial charge >= 0.3 is 5.97 Å². The van der Waals surface area contributed by atoms with Crippen LogP contribution < -0.4 is 4.74 Å². The van der Waals surface area contributed by atoms with E-state index in [0.29, 0.717) is 18.2 Å². The summed E-state index contributed by atoms with van der Waals surface area (Å²) in [5.74, 6) is 0.786. The van der Waals surface area contributed by atoms with Crippen molar-refractivity contribution in [1.82, 2.24) is 4.98 Å². The van der Waals surface area contributed by atoms with Gasteiger partial charge in [-0.05, 0) is 31.2 Å². The topological polar surface area (TPSA) is 61.6 Å². The van der Waals surface area contributed by atoms with Crippen molar-refractivity contribution in [3.05, 3.63) is 36.4 Å². The molecule has 2 rings (SSSR count). The van der Waals surface area contributed by atoms with Gasteiger partial charge in [0.25, 0.3) is 0 Å². The lowest BCUT2D eigenvalue weighted by molar-refractivity contribution is -0.142. The van der Waals surface area contributed by atoms with Crippen LogP contribution in [-0.4, -0.2) is 24.7 Å². The summed E-state index contributed by atoms with van der Waals surface area (Å²) in [6.07, 6.45) is 1.57. The molecule has 0 saturated heterocycles. The molecule has 0 aliphatic rings.